The summed E-state index contributed by atoms with van der Waals surface area (Å²) in [6.07, 6.45) is 1.69. The van der Waals surface area contributed by atoms with Crippen LogP contribution in [0.4, 0.5) is 14.6 Å². The minimum absolute atomic E-state index is 0.142. The second kappa shape index (κ2) is 4.95. The van der Waals surface area contributed by atoms with Crippen LogP contribution < -0.4 is 4.90 Å². The number of imidazole rings is 1. The molecule has 0 aliphatic carbocycles. The highest BCUT2D eigenvalue weighted by Crippen LogP contribution is 2.29. The molecule has 110 valence electrons. The first-order valence-electron chi connectivity index (χ1n) is 6.95. The van der Waals surface area contributed by atoms with Gasteiger partial charge in [0.15, 0.2) is 5.82 Å². The zero-order valence-corrected chi connectivity index (χ0v) is 12.2. The fourth-order valence-corrected chi connectivity index (χ4v) is 2.61. The molecule has 0 bridgehead atoms. The molecular formula is C15H16F2N4. The van der Waals surface area contributed by atoms with E-state index < -0.39 is 11.8 Å². The van der Waals surface area contributed by atoms with Crippen LogP contribution in [-0.4, -0.2) is 27.5 Å². The lowest BCUT2D eigenvalue weighted by atomic mass is 10.3. The number of aryl methyl sites for hydroxylation is 1. The summed E-state index contributed by atoms with van der Waals surface area (Å²) in [5.74, 6) is -1.66. The average Bonchev–Trinajstić information content (AvgIpc) is 2.86. The molecule has 0 aromatic carbocycles. The van der Waals surface area contributed by atoms with Gasteiger partial charge in [0.2, 0.25) is 5.82 Å². The Morgan fingerprint density at radius 2 is 1.90 bits per heavy atom. The summed E-state index contributed by atoms with van der Waals surface area (Å²) in [5.41, 5.74) is 2.06. The lowest BCUT2D eigenvalue weighted by Crippen LogP contribution is -2.24. The highest BCUT2D eigenvalue weighted by Gasteiger charge is 2.22. The van der Waals surface area contributed by atoms with Gasteiger partial charge in [-0.15, -0.1) is 0 Å². The molecule has 0 atom stereocenters. The van der Waals surface area contributed by atoms with Crippen LogP contribution in [0, 0.1) is 18.7 Å². The van der Waals surface area contributed by atoms with Gasteiger partial charge in [-0.05, 0) is 32.4 Å². The fraction of sp³-hybridized carbons (Fsp3) is 0.333. The lowest BCUT2D eigenvalue weighted by Gasteiger charge is -2.20. The summed E-state index contributed by atoms with van der Waals surface area (Å²) in [6.45, 7) is 7.08. The third-order valence-corrected chi connectivity index (χ3v) is 3.71. The molecule has 0 spiro atoms. The molecule has 0 radical (unpaired) electrons. The van der Waals surface area contributed by atoms with Crippen molar-refractivity contribution < 1.29 is 8.78 Å². The van der Waals surface area contributed by atoms with Crippen molar-refractivity contribution in [3.63, 3.8) is 0 Å². The van der Waals surface area contributed by atoms with Crippen LogP contribution in [0.2, 0.25) is 0 Å². The summed E-state index contributed by atoms with van der Waals surface area (Å²) in [4.78, 5) is 10.1. The van der Waals surface area contributed by atoms with Gasteiger partial charge in [0.05, 0.1) is 0 Å². The van der Waals surface area contributed by atoms with Crippen LogP contribution in [0.5, 0.6) is 0 Å². The topological polar surface area (TPSA) is 33.4 Å². The van der Waals surface area contributed by atoms with Crippen molar-refractivity contribution in [2.45, 2.75) is 20.8 Å². The second-order valence-corrected chi connectivity index (χ2v) is 4.91. The number of aromatic nitrogens is 3. The van der Waals surface area contributed by atoms with E-state index in [1.54, 1.807) is 16.7 Å². The molecule has 3 aromatic rings. The van der Waals surface area contributed by atoms with Gasteiger partial charge in [-0.1, -0.05) is 6.07 Å². The van der Waals surface area contributed by atoms with Crippen molar-refractivity contribution in [1.82, 2.24) is 14.4 Å². The van der Waals surface area contributed by atoms with Gasteiger partial charge >= 0.3 is 0 Å². The number of fused-ring (bicyclic) bond motifs is 3. The summed E-state index contributed by atoms with van der Waals surface area (Å²) in [6, 6.07) is 3.68. The van der Waals surface area contributed by atoms with Gasteiger partial charge in [-0.2, -0.15) is 13.8 Å². The Hall–Kier alpha value is -2.24. The maximum Gasteiger partial charge on any atom is 0.253 e. The van der Waals surface area contributed by atoms with Gasteiger partial charge in [-0.3, -0.25) is 4.40 Å². The second-order valence-electron chi connectivity index (χ2n) is 4.91. The largest absolute Gasteiger partial charge is 0.355 e. The van der Waals surface area contributed by atoms with Crippen molar-refractivity contribution in [3.8, 4) is 0 Å². The Balaban J connectivity index is 2.48. The molecule has 0 saturated carbocycles. The normalized spacial score (nSPS) is 11.5. The Labute approximate surface area is 121 Å². The zero-order valence-electron chi connectivity index (χ0n) is 12.2. The van der Waals surface area contributed by atoms with E-state index in [9.17, 15) is 8.78 Å². The maximum absolute atomic E-state index is 14.2. The molecule has 0 amide bonds. The number of pyridine rings is 2. The van der Waals surface area contributed by atoms with Crippen LogP contribution in [-0.2, 0) is 0 Å². The van der Waals surface area contributed by atoms with E-state index in [1.807, 2.05) is 31.7 Å². The number of halogens is 2. The summed E-state index contributed by atoms with van der Waals surface area (Å²) >= 11 is 0. The molecule has 0 aliphatic rings. The number of hydrogen-bond donors (Lipinski definition) is 0. The van der Waals surface area contributed by atoms with E-state index in [0.717, 1.165) is 5.56 Å². The fourth-order valence-electron chi connectivity index (χ4n) is 2.61. The monoisotopic (exact) mass is 290 g/mol. The smallest absolute Gasteiger partial charge is 0.253 e. The minimum Gasteiger partial charge on any atom is -0.355 e. The SMILES string of the molecule is CCN(CC)c1nc(F)c(F)c2c1nc1c(C)cccn12. The Kier molecular flexibility index (Phi) is 3.23. The molecule has 6 heteroatoms. The van der Waals surface area contributed by atoms with Gasteiger partial charge in [0.1, 0.15) is 16.7 Å². The number of nitrogens with zero attached hydrogens (tertiary/aromatic N) is 4. The molecule has 0 aliphatic heterocycles. The van der Waals surface area contributed by atoms with E-state index >= 15 is 0 Å². The Morgan fingerprint density at radius 1 is 1.19 bits per heavy atom. The Bertz CT molecular complexity index is 822. The molecule has 0 saturated heterocycles. The summed E-state index contributed by atoms with van der Waals surface area (Å²) in [7, 11) is 0. The molecule has 4 nitrogen and oxygen atoms in total. The number of hydrogen-bond acceptors (Lipinski definition) is 3. The molecule has 0 N–H and O–H groups in total. The van der Waals surface area contributed by atoms with Crippen molar-refractivity contribution in [2.75, 3.05) is 18.0 Å². The van der Waals surface area contributed by atoms with E-state index in [0.29, 0.717) is 30.1 Å². The molecule has 3 rings (SSSR count). The predicted octanol–water partition coefficient (Wildman–Crippen LogP) is 3.32. The molecule has 0 unspecified atom stereocenters. The van der Waals surface area contributed by atoms with Crippen LogP contribution in [0.3, 0.4) is 0 Å². The Morgan fingerprint density at radius 3 is 2.57 bits per heavy atom. The van der Waals surface area contributed by atoms with Crippen LogP contribution in [0.25, 0.3) is 16.7 Å². The standard InChI is InChI=1S/C15H16F2N4/c1-4-20(5-2)15-11-12(10(16)13(17)19-15)21-8-6-7-9(3)14(21)18-11/h6-8H,4-5H2,1-3H3. The third-order valence-electron chi connectivity index (χ3n) is 3.71. The third kappa shape index (κ3) is 1.93. The van der Waals surface area contributed by atoms with E-state index in [1.165, 1.54) is 0 Å². The molecule has 21 heavy (non-hydrogen) atoms. The quantitative estimate of drug-likeness (QED) is 0.694. The van der Waals surface area contributed by atoms with Crippen molar-refractivity contribution in [1.29, 1.82) is 0 Å². The van der Waals surface area contributed by atoms with Gasteiger partial charge in [0, 0.05) is 19.3 Å². The van der Waals surface area contributed by atoms with Gasteiger partial charge in [-0.25, -0.2) is 4.98 Å². The van der Waals surface area contributed by atoms with Crippen LogP contribution in [0.15, 0.2) is 18.3 Å². The highest BCUT2D eigenvalue weighted by molar-refractivity contribution is 5.90. The van der Waals surface area contributed by atoms with Crippen molar-refractivity contribution in [3.05, 3.63) is 35.7 Å². The van der Waals surface area contributed by atoms with Crippen molar-refractivity contribution in [2.24, 2.45) is 0 Å². The zero-order chi connectivity index (χ0) is 15.1. The molecule has 3 heterocycles. The first-order chi connectivity index (χ1) is 10.1. The predicted molar refractivity (Wildman–Crippen MR) is 78.7 cm³/mol. The van der Waals surface area contributed by atoms with Crippen molar-refractivity contribution >= 4 is 22.5 Å². The van der Waals surface area contributed by atoms with Gasteiger partial charge in [0.25, 0.3) is 5.95 Å². The van der Waals surface area contributed by atoms with Gasteiger partial charge < -0.3 is 4.90 Å². The summed E-state index contributed by atoms with van der Waals surface area (Å²) < 4.78 is 29.7. The number of anilines is 1. The first kappa shape index (κ1) is 13.7. The van der Waals surface area contributed by atoms with E-state index in [4.69, 9.17) is 0 Å². The molecular weight excluding hydrogens is 274 g/mol. The van der Waals surface area contributed by atoms with Crippen LogP contribution >= 0.6 is 0 Å². The van der Waals surface area contributed by atoms with Crippen LogP contribution in [0.1, 0.15) is 19.4 Å². The average molecular weight is 290 g/mol. The lowest BCUT2D eigenvalue weighted by molar-refractivity contribution is 0.485. The van der Waals surface area contributed by atoms with E-state index in [2.05, 4.69) is 9.97 Å². The number of rotatable bonds is 3. The first-order valence-corrected chi connectivity index (χ1v) is 6.95. The van der Waals surface area contributed by atoms with E-state index in [-0.39, 0.29) is 5.52 Å². The molecule has 3 aromatic heterocycles. The maximum atomic E-state index is 14.2. The molecule has 0 fully saturated rings. The summed E-state index contributed by atoms with van der Waals surface area (Å²) in [5, 5.41) is 0. The highest BCUT2D eigenvalue weighted by atomic mass is 19.2. The minimum atomic E-state index is -1.09.